The summed E-state index contributed by atoms with van der Waals surface area (Å²) in [6.07, 6.45) is 5.89. The second-order valence-electron chi connectivity index (χ2n) is 8.50. The average Bonchev–Trinajstić information content (AvgIpc) is 3.28. The minimum Gasteiger partial charge on any atom is -0.352 e. The molecule has 2 aliphatic heterocycles. The zero-order valence-corrected chi connectivity index (χ0v) is 15.1. The normalized spacial score (nSPS) is 45.3. The van der Waals surface area contributed by atoms with Crippen molar-refractivity contribution in [3.8, 4) is 0 Å². The number of fused-ring (bicyclic) bond motifs is 1. The number of carbonyl (C=O) groups is 1. The lowest BCUT2D eigenvalue weighted by Gasteiger charge is -2.35. The number of carbonyl (C=O) groups excluding carboxylic acids is 1. The van der Waals surface area contributed by atoms with E-state index in [0.717, 1.165) is 39.0 Å². The van der Waals surface area contributed by atoms with E-state index < -0.39 is 6.17 Å². The number of alkyl halides is 1. The van der Waals surface area contributed by atoms with Crippen molar-refractivity contribution in [2.24, 2.45) is 11.8 Å². The first kappa shape index (κ1) is 17.6. The van der Waals surface area contributed by atoms with Gasteiger partial charge in [0, 0.05) is 24.0 Å². The minimum absolute atomic E-state index is 0.0142. The van der Waals surface area contributed by atoms with Crippen LogP contribution >= 0.6 is 0 Å². The molecule has 4 aliphatic rings. The summed E-state index contributed by atoms with van der Waals surface area (Å²) in [5.41, 5.74) is 6.30. The van der Waals surface area contributed by atoms with E-state index in [2.05, 4.69) is 33.3 Å². The zero-order chi connectivity index (χ0) is 17.4. The number of hydrazine groups is 1. The van der Waals surface area contributed by atoms with Crippen LogP contribution < -0.4 is 21.5 Å². The molecule has 2 saturated heterocycles. The van der Waals surface area contributed by atoms with E-state index in [1.807, 2.05) is 0 Å². The topological polar surface area (TPSA) is 68.4 Å². The summed E-state index contributed by atoms with van der Waals surface area (Å²) in [5, 5.41) is 6.71. The van der Waals surface area contributed by atoms with Crippen molar-refractivity contribution >= 4 is 5.91 Å². The Morgan fingerprint density at radius 1 is 1.12 bits per heavy atom. The molecule has 4 fully saturated rings. The summed E-state index contributed by atoms with van der Waals surface area (Å²) in [6, 6.07) is 0.718. The smallest absolute Gasteiger partial charge is 0.237 e. The van der Waals surface area contributed by atoms with Gasteiger partial charge in [0.1, 0.15) is 6.17 Å². The van der Waals surface area contributed by atoms with E-state index in [1.165, 1.54) is 6.42 Å². The van der Waals surface area contributed by atoms with Gasteiger partial charge < -0.3 is 10.6 Å². The lowest BCUT2D eigenvalue weighted by molar-refractivity contribution is -0.124. The highest BCUT2D eigenvalue weighted by Crippen LogP contribution is 2.38. The van der Waals surface area contributed by atoms with Crippen LogP contribution in [0.4, 0.5) is 4.39 Å². The number of nitrogens with zero attached hydrogens (tertiary/aromatic N) is 1. The van der Waals surface area contributed by atoms with E-state index in [9.17, 15) is 9.18 Å². The van der Waals surface area contributed by atoms with E-state index in [1.54, 1.807) is 0 Å². The third-order valence-corrected chi connectivity index (χ3v) is 6.85. The summed E-state index contributed by atoms with van der Waals surface area (Å²) >= 11 is 0. The van der Waals surface area contributed by atoms with Gasteiger partial charge in [0.05, 0.1) is 19.4 Å². The quantitative estimate of drug-likeness (QED) is 0.606. The monoisotopic (exact) mass is 353 g/mol. The van der Waals surface area contributed by atoms with Gasteiger partial charge >= 0.3 is 0 Å². The van der Waals surface area contributed by atoms with E-state index in [-0.39, 0.29) is 30.0 Å². The molecule has 2 saturated carbocycles. The lowest BCUT2D eigenvalue weighted by atomic mass is 9.77. The molecule has 0 spiro atoms. The van der Waals surface area contributed by atoms with Gasteiger partial charge in [0.2, 0.25) is 5.91 Å². The number of amides is 1. The van der Waals surface area contributed by atoms with Gasteiger partial charge in [-0.2, -0.15) is 0 Å². The molecule has 4 rings (SSSR count). The van der Waals surface area contributed by atoms with Crippen molar-refractivity contribution in [1.82, 2.24) is 26.4 Å². The van der Waals surface area contributed by atoms with Crippen LogP contribution in [-0.4, -0.2) is 54.5 Å². The molecule has 0 aromatic carbocycles. The molecule has 7 heteroatoms. The summed E-state index contributed by atoms with van der Waals surface area (Å²) in [6.45, 7) is 3.92. The molecule has 7 unspecified atom stereocenters. The SMILES string of the molecule is CC1CCC(F)C2CC(C(=O)NC3CCCC(N4CNNC4)C3)NC12. The third-order valence-electron chi connectivity index (χ3n) is 6.85. The molecule has 0 aromatic rings. The molecule has 1 amide bonds. The first-order valence-corrected chi connectivity index (χ1v) is 10.0. The molecule has 7 atom stereocenters. The largest absolute Gasteiger partial charge is 0.352 e. The van der Waals surface area contributed by atoms with Crippen molar-refractivity contribution in [2.75, 3.05) is 13.3 Å². The maximum absolute atomic E-state index is 14.2. The number of halogens is 1. The summed E-state index contributed by atoms with van der Waals surface area (Å²) in [5.74, 6) is 0.557. The fraction of sp³-hybridized carbons (Fsp3) is 0.944. The molecule has 6 nitrogen and oxygen atoms in total. The number of nitrogens with one attached hydrogen (secondary N) is 4. The van der Waals surface area contributed by atoms with E-state index >= 15 is 0 Å². The van der Waals surface area contributed by atoms with Crippen LogP contribution in [0.1, 0.15) is 51.9 Å². The second-order valence-corrected chi connectivity index (χ2v) is 8.50. The summed E-state index contributed by atoms with van der Waals surface area (Å²) < 4.78 is 14.2. The van der Waals surface area contributed by atoms with Crippen LogP contribution in [0, 0.1) is 11.8 Å². The highest BCUT2D eigenvalue weighted by molar-refractivity contribution is 5.82. The van der Waals surface area contributed by atoms with Gasteiger partial charge in [0.25, 0.3) is 0 Å². The highest BCUT2D eigenvalue weighted by Gasteiger charge is 2.46. The predicted molar refractivity (Wildman–Crippen MR) is 94.1 cm³/mol. The minimum atomic E-state index is -0.749. The number of hydrogen-bond acceptors (Lipinski definition) is 5. The molecular weight excluding hydrogens is 321 g/mol. The van der Waals surface area contributed by atoms with Crippen molar-refractivity contribution in [3.05, 3.63) is 0 Å². The highest BCUT2D eigenvalue weighted by atomic mass is 19.1. The maximum Gasteiger partial charge on any atom is 0.237 e. The Kier molecular flexibility index (Phi) is 5.27. The zero-order valence-electron chi connectivity index (χ0n) is 15.1. The molecule has 0 bridgehead atoms. The van der Waals surface area contributed by atoms with Gasteiger partial charge in [-0.3, -0.25) is 9.69 Å². The molecule has 142 valence electrons. The molecule has 25 heavy (non-hydrogen) atoms. The number of rotatable bonds is 3. The van der Waals surface area contributed by atoms with Crippen LogP contribution in [0.25, 0.3) is 0 Å². The predicted octanol–water partition coefficient (Wildman–Crippen LogP) is 0.853. The van der Waals surface area contributed by atoms with Gasteiger partial charge in [-0.25, -0.2) is 15.2 Å². The first-order chi connectivity index (χ1) is 12.1. The second kappa shape index (κ2) is 7.47. The number of hydrogen-bond donors (Lipinski definition) is 4. The summed E-state index contributed by atoms with van der Waals surface area (Å²) in [4.78, 5) is 15.2. The summed E-state index contributed by atoms with van der Waals surface area (Å²) in [7, 11) is 0. The molecule has 0 radical (unpaired) electrons. The fourth-order valence-electron chi connectivity index (χ4n) is 5.36. The molecular formula is C18H32FN5O. The Morgan fingerprint density at radius 2 is 1.92 bits per heavy atom. The van der Waals surface area contributed by atoms with Crippen LogP contribution in [0.15, 0.2) is 0 Å². The first-order valence-electron chi connectivity index (χ1n) is 10.0. The van der Waals surface area contributed by atoms with E-state index in [4.69, 9.17) is 0 Å². The Morgan fingerprint density at radius 3 is 2.68 bits per heavy atom. The van der Waals surface area contributed by atoms with Crippen molar-refractivity contribution < 1.29 is 9.18 Å². The Bertz CT molecular complexity index is 468. The molecule has 4 N–H and O–H groups in total. The van der Waals surface area contributed by atoms with Gasteiger partial charge in [-0.15, -0.1) is 0 Å². The molecule has 2 heterocycles. The van der Waals surface area contributed by atoms with Crippen molar-refractivity contribution in [3.63, 3.8) is 0 Å². The molecule has 2 aliphatic carbocycles. The lowest BCUT2D eigenvalue weighted by Crippen LogP contribution is -2.51. The van der Waals surface area contributed by atoms with Crippen LogP contribution in [0.3, 0.4) is 0 Å². The van der Waals surface area contributed by atoms with Crippen molar-refractivity contribution in [2.45, 2.75) is 82.2 Å². The van der Waals surface area contributed by atoms with Gasteiger partial charge in [0.15, 0.2) is 0 Å². The van der Waals surface area contributed by atoms with Gasteiger partial charge in [-0.1, -0.05) is 6.92 Å². The van der Waals surface area contributed by atoms with Crippen molar-refractivity contribution in [1.29, 1.82) is 0 Å². The maximum atomic E-state index is 14.2. The third kappa shape index (κ3) is 3.70. The average molecular weight is 353 g/mol. The van der Waals surface area contributed by atoms with Gasteiger partial charge in [-0.05, 0) is 50.9 Å². The molecule has 0 aromatic heterocycles. The standard InChI is InChI=1S/C18H32FN5O/c1-11-5-6-15(19)14-8-16(23-17(11)14)18(25)22-12-3-2-4-13(7-12)24-9-20-21-10-24/h11-17,20-21,23H,2-10H2,1H3,(H,22,25). The van der Waals surface area contributed by atoms with Crippen LogP contribution in [0.2, 0.25) is 0 Å². The van der Waals surface area contributed by atoms with E-state index in [0.29, 0.717) is 24.8 Å². The van der Waals surface area contributed by atoms with Crippen LogP contribution in [0.5, 0.6) is 0 Å². The Hall–Kier alpha value is -0.760. The Balaban J connectivity index is 1.31. The Labute approximate surface area is 149 Å². The fourth-order valence-corrected chi connectivity index (χ4v) is 5.36. The van der Waals surface area contributed by atoms with Crippen LogP contribution in [-0.2, 0) is 4.79 Å².